The molecule has 2 fully saturated rings. The Labute approximate surface area is 151 Å². The molecule has 1 aliphatic heterocycles. The van der Waals surface area contributed by atoms with E-state index in [1.54, 1.807) is 0 Å². The smallest absolute Gasteiger partial charge is 0.0335 e. The standard InChI is InChI=1S/C21H43N3/c1-3-5-6-7-8-12-15-22-20-21(13-10-9-11-14-21)24-18-16-23(4-2)17-19-24/h22H,3-20H2,1-2H3. The van der Waals surface area contributed by atoms with Crippen molar-refractivity contribution < 1.29 is 0 Å². The van der Waals surface area contributed by atoms with Gasteiger partial charge in [0.15, 0.2) is 0 Å². The van der Waals surface area contributed by atoms with E-state index in [1.807, 2.05) is 0 Å². The first-order valence-corrected chi connectivity index (χ1v) is 11.0. The lowest BCUT2D eigenvalue weighted by atomic mass is 9.79. The van der Waals surface area contributed by atoms with Crippen molar-refractivity contribution in [3.8, 4) is 0 Å². The molecule has 0 radical (unpaired) electrons. The second-order valence-electron chi connectivity index (χ2n) is 8.15. The molecular formula is C21H43N3. The van der Waals surface area contributed by atoms with Crippen LogP contribution in [0.5, 0.6) is 0 Å². The van der Waals surface area contributed by atoms with Gasteiger partial charge >= 0.3 is 0 Å². The van der Waals surface area contributed by atoms with E-state index in [0.717, 1.165) is 0 Å². The van der Waals surface area contributed by atoms with Crippen LogP contribution in [0.3, 0.4) is 0 Å². The van der Waals surface area contributed by atoms with E-state index in [1.165, 1.54) is 116 Å². The number of piperazine rings is 1. The highest BCUT2D eigenvalue weighted by Crippen LogP contribution is 2.34. The number of likely N-dealkylation sites (N-methyl/N-ethyl adjacent to an activating group) is 1. The summed E-state index contributed by atoms with van der Waals surface area (Å²) in [5.74, 6) is 0. The third kappa shape index (κ3) is 6.31. The maximum Gasteiger partial charge on any atom is 0.0335 e. The molecule has 1 aliphatic carbocycles. The Bertz CT molecular complexity index is 304. The van der Waals surface area contributed by atoms with Crippen LogP contribution in [-0.2, 0) is 0 Å². The molecular weight excluding hydrogens is 294 g/mol. The molecule has 142 valence electrons. The average Bonchev–Trinajstić information content (AvgIpc) is 2.65. The zero-order valence-electron chi connectivity index (χ0n) is 16.6. The number of hydrogen-bond donors (Lipinski definition) is 1. The Hall–Kier alpha value is -0.120. The minimum Gasteiger partial charge on any atom is -0.315 e. The fraction of sp³-hybridized carbons (Fsp3) is 1.00. The lowest BCUT2D eigenvalue weighted by molar-refractivity contribution is 0.00908. The summed E-state index contributed by atoms with van der Waals surface area (Å²) in [7, 11) is 0. The van der Waals surface area contributed by atoms with Gasteiger partial charge in [-0.25, -0.2) is 0 Å². The second kappa shape index (κ2) is 11.5. The van der Waals surface area contributed by atoms with Crippen LogP contribution in [0.2, 0.25) is 0 Å². The molecule has 0 amide bonds. The molecule has 0 unspecified atom stereocenters. The predicted octanol–water partition coefficient (Wildman–Crippen LogP) is 4.28. The summed E-state index contributed by atoms with van der Waals surface area (Å²) in [6.45, 7) is 13.4. The SMILES string of the molecule is CCCCCCCCNCC1(N2CCN(CC)CC2)CCCCC1. The number of hydrogen-bond acceptors (Lipinski definition) is 3. The summed E-state index contributed by atoms with van der Waals surface area (Å²) < 4.78 is 0. The van der Waals surface area contributed by atoms with Crippen molar-refractivity contribution in [3.63, 3.8) is 0 Å². The third-order valence-corrected chi connectivity index (χ3v) is 6.44. The molecule has 0 aromatic rings. The Kier molecular flexibility index (Phi) is 9.67. The van der Waals surface area contributed by atoms with Crippen LogP contribution in [0.4, 0.5) is 0 Å². The van der Waals surface area contributed by atoms with E-state index in [4.69, 9.17) is 0 Å². The normalized spacial score (nSPS) is 22.8. The summed E-state index contributed by atoms with van der Waals surface area (Å²) in [5.41, 5.74) is 0.473. The van der Waals surface area contributed by atoms with Crippen LogP contribution in [0.15, 0.2) is 0 Å². The lowest BCUT2D eigenvalue weighted by Gasteiger charge is -2.50. The van der Waals surface area contributed by atoms with E-state index in [-0.39, 0.29) is 0 Å². The largest absolute Gasteiger partial charge is 0.315 e. The fourth-order valence-corrected chi connectivity index (χ4v) is 4.70. The number of nitrogens with zero attached hydrogens (tertiary/aromatic N) is 2. The predicted molar refractivity (Wildman–Crippen MR) is 106 cm³/mol. The molecule has 2 rings (SSSR count). The zero-order chi connectivity index (χ0) is 17.1. The maximum atomic E-state index is 3.85. The monoisotopic (exact) mass is 337 g/mol. The Morgan fingerprint density at radius 1 is 0.792 bits per heavy atom. The van der Waals surface area contributed by atoms with E-state index in [0.29, 0.717) is 5.54 Å². The molecule has 3 heteroatoms. The highest BCUT2D eigenvalue weighted by atomic mass is 15.3. The molecule has 0 aromatic heterocycles. The molecule has 0 atom stereocenters. The van der Waals surface area contributed by atoms with Gasteiger partial charge in [0.05, 0.1) is 0 Å². The second-order valence-corrected chi connectivity index (χ2v) is 8.15. The van der Waals surface area contributed by atoms with Crippen LogP contribution >= 0.6 is 0 Å². The Balaban J connectivity index is 1.70. The fourth-order valence-electron chi connectivity index (χ4n) is 4.70. The molecule has 2 aliphatic rings. The lowest BCUT2D eigenvalue weighted by Crippen LogP contribution is -2.61. The van der Waals surface area contributed by atoms with Gasteiger partial charge in [0.25, 0.3) is 0 Å². The maximum absolute atomic E-state index is 3.85. The quantitative estimate of drug-likeness (QED) is 0.568. The minimum absolute atomic E-state index is 0.473. The molecule has 1 N–H and O–H groups in total. The first-order valence-electron chi connectivity index (χ1n) is 11.0. The van der Waals surface area contributed by atoms with E-state index < -0.39 is 0 Å². The third-order valence-electron chi connectivity index (χ3n) is 6.44. The number of nitrogens with one attached hydrogen (secondary N) is 1. The molecule has 0 spiro atoms. The summed E-state index contributed by atoms with van der Waals surface area (Å²) in [5, 5.41) is 3.85. The highest BCUT2D eigenvalue weighted by Gasteiger charge is 2.38. The molecule has 0 bridgehead atoms. The zero-order valence-corrected chi connectivity index (χ0v) is 16.6. The van der Waals surface area contributed by atoms with Gasteiger partial charge in [0.2, 0.25) is 0 Å². The first kappa shape index (κ1) is 20.2. The van der Waals surface area contributed by atoms with Gasteiger partial charge in [-0.05, 0) is 32.4 Å². The summed E-state index contributed by atoms with van der Waals surface area (Å²) in [4.78, 5) is 5.46. The van der Waals surface area contributed by atoms with Gasteiger partial charge in [-0.1, -0.05) is 65.2 Å². The van der Waals surface area contributed by atoms with Gasteiger partial charge < -0.3 is 10.2 Å². The number of unbranched alkanes of at least 4 members (excludes halogenated alkanes) is 5. The minimum atomic E-state index is 0.473. The molecule has 3 nitrogen and oxygen atoms in total. The summed E-state index contributed by atoms with van der Waals surface area (Å²) in [6, 6.07) is 0. The van der Waals surface area contributed by atoms with Gasteiger partial charge in [-0.2, -0.15) is 0 Å². The van der Waals surface area contributed by atoms with Crippen molar-refractivity contribution in [2.75, 3.05) is 45.8 Å². The van der Waals surface area contributed by atoms with Crippen molar-refractivity contribution in [2.24, 2.45) is 0 Å². The van der Waals surface area contributed by atoms with E-state index in [9.17, 15) is 0 Å². The van der Waals surface area contributed by atoms with Crippen LogP contribution in [0.25, 0.3) is 0 Å². The van der Waals surface area contributed by atoms with E-state index in [2.05, 4.69) is 29.0 Å². The van der Waals surface area contributed by atoms with Crippen LogP contribution < -0.4 is 5.32 Å². The van der Waals surface area contributed by atoms with Gasteiger partial charge in [-0.15, -0.1) is 0 Å². The average molecular weight is 338 g/mol. The van der Waals surface area contributed by atoms with Crippen LogP contribution in [0.1, 0.15) is 84.5 Å². The van der Waals surface area contributed by atoms with E-state index >= 15 is 0 Å². The molecule has 1 saturated heterocycles. The van der Waals surface area contributed by atoms with Crippen molar-refractivity contribution in [1.82, 2.24) is 15.1 Å². The highest BCUT2D eigenvalue weighted by molar-refractivity contribution is 4.96. The van der Waals surface area contributed by atoms with Crippen molar-refractivity contribution in [3.05, 3.63) is 0 Å². The summed E-state index contributed by atoms with van der Waals surface area (Å²) in [6.07, 6.45) is 15.6. The molecule has 1 saturated carbocycles. The number of rotatable bonds is 11. The van der Waals surface area contributed by atoms with Crippen LogP contribution in [-0.4, -0.2) is 61.2 Å². The van der Waals surface area contributed by atoms with Crippen LogP contribution in [0, 0.1) is 0 Å². The first-order chi connectivity index (χ1) is 11.8. The summed E-state index contributed by atoms with van der Waals surface area (Å²) >= 11 is 0. The van der Waals surface area contributed by atoms with Crippen molar-refractivity contribution in [1.29, 1.82) is 0 Å². The van der Waals surface area contributed by atoms with Crippen molar-refractivity contribution in [2.45, 2.75) is 90.0 Å². The van der Waals surface area contributed by atoms with Gasteiger partial charge in [0, 0.05) is 38.3 Å². The van der Waals surface area contributed by atoms with Crippen molar-refractivity contribution >= 4 is 0 Å². The van der Waals surface area contributed by atoms with Gasteiger partial charge in [-0.3, -0.25) is 4.90 Å². The molecule has 0 aromatic carbocycles. The van der Waals surface area contributed by atoms with Gasteiger partial charge in [0.1, 0.15) is 0 Å². The Morgan fingerprint density at radius 2 is 1.46 bits per heavy atom. The molecule has 24 heavy (non-hydrogen) atoms. The Morgan fingerprint density at radius 3 is 2.12 bits per heavy atom. The topological polar surface area (TPSA) is 18.5 Å². The molecule has 1 heterocycles.